The molecule has 3 heteroatoms. The van der Waals surface area contributed by atoms with E-state index in [1.165, 1.54) is 0 Å². The van der Waals surface area contributed by atoms with E-state index in [4.69, 9.17) is 0 Å². The molecule has 0 bridgehead atoms. The highest BCUT2D eigenvalue weighted by atomic mass is 16.3. The first kappa shape index (κ1) is 13.8. The number of fused-ring (bicyclic) bond motifs is 1. The molecular formula is C15H24O3. The average molecular weight is 252 g/mol. The number of ketones is 1. The minimum Gasteiger partial charge on any atom is -0.396 e. The lowest BCUT2D eigenvalue weighted by atomic mass is 9.55. The van der Waals surface area contributed by atoms with Crippen LogP contribution in [0.4, 0.5) is 0 Å². The van der Waals surface area contributed by atoms with Crippen LogP contribution in [-0.4, -0.2) is 28.7 Å². The van der Waals surface area contributed by atoms with Crippen molar-refractivity contribution in [2.24, 2.45) is 23.2 Å². The van der Waals surface area contributed by atoms with Gasteiger partial charge in [-0.05, 0) is 43.6 Å². The van der Waals surface area contributed by atoms with Crippen molar-refractivity contribution >= 4 is 5.78 Å². The van der Waals surface area contributed by atoms with Gasteiger partial charge in [0, 0.05) is 18.4 Å². The summed E-state index contributed by atoms with van der Waals surface area (Å²) in [5, 5.41) is 19.7. The Labute approximate surface area is 109 Å². The normalized spacial score (nSPS) is 42.2. The third-order valence-corrected chi connectivity index (χ3v) is 5.21. The zero-order chi connectivity index (χ0) is 13.5. The fraction of sp³-hybridized carbons (Fsp3) is 0.800. The Hall–Kier alpha value is -0.670. The Morgan fingerprint density at radius 2 is 2.17 bits per heavy atom. The molecule has 3 nitrogen and oxygen atoms in total. The number of aliphatic hydroxyl groups is 2. The van der Waals surface area contributed by atoms with E-state index in [1.54, 1.807) is 6.08 Å². The van der Waals surface area contributed by atoms with Gasteiger partial charge in [-0.25, -0.2) is 0 Å². The quantitative estimate of drug-likeness (QED) is 0.789. The summed E-state index contributed by atoms with van der Waals surface area (Å²) in [4.78, 5) is 11.7. The second-order valence-electron chi connectivity index (χ2n) is 6.50. The number of hydrogen-bond acceptors (Lipinski definition) is 3. The fourth-order valence-electron chi connectivity index (χ4n) is 3.80. The minimum absolute atomic E-state index is 0.138. The molecule has 18 heavy (non-hydrogen) atoms. The average Bonchev–Trinajstić information content (AvgIpc) is 2.29. The van der Waals surface area contributed by atoms with E-state index in [2.05, 4.69) is 0 Å². The summed E-state index contributed by atoms with van der Waals surface area (Å²) < 4.78 is 0. The topological polar surface area (TPSA) is 57.5 Å². The number of carbonyl (C=O) groups excluding carboxylic acids is 1. The van der Waals surface area contributed by atoms with Crippen LogP contribution in [0.1, 0.15) is 40.0 Å². The Bertz CT molecular complexity index is 374. The summed E-state index contributed by atoms with van der Waals surface area (Å²) in [6.45, 7) is 6.24. The van der Waals surface area contributed by atoms with Gasteiger partial charge in [0.2, 0.25) is 0 Å². The van der Waals surface area contributed by atoms with Crippen LogP contribution in [0, 0.1) is 23.2 Å². The molecule has 1 fully saturated rings. The molecule has 2 rings (SSSR count). The van der Waals surface area contributed by atoms with Crippen molar-refractivity contribution in [1.82, 2.24) is 0 Å². The first-order valence-electron chi connectivity index (χ1n) is 6.88. The molecule has 5 atom stereocenters. The highest BCUT2D eigenvalue weighted by molar-refractivity contribution is 5.92. The van der Waals surface area contributed by atoms with Crippen LogP contribution >= 0.6 is 0 Å². The molecule has 2 N–H and O–H groups in total. The summed E-state index contributed by atoms with van der Waals surface area (Å²) in [7, 11) is 0. The van der Waals surface area contributed by atoms with Gasteiger partial charge in [-0.3, -0.25) is 4.79 Å². The van der Waals surface area contributed by atoms with E-state index in [-0.39, 0.29) is 29.6 Å². The lowest BCUT2D eigenvalue weighted by Gasteiger charge is -2.51. The van der Waals surface area contributed by atoms with Crippen molar-refractivity contribution in [2.75, 3.05) is 6.61 Å². The SMILES string of the molecule is CC1=CC(=O)C[C@]2(C)[C@@H](O)CC(C(C)CO)C[C@@H]12. The summed E-state index contributed by atoms with van der Waals surface area (Å²) in [6.07, 6.45) is 3.43. The van der Waals surface area contributed by atoms with Crippen molar-refractivity contribution in [2.45, 2.75) is 46.1 Å². The fourth-order valence-corrected chi connectivity index (χ4v) is 3.80. The second-order valence-corrected chi connectivity index (χ2v) is 6.50. The molecule has 0 aromatic carbocycles. The van der Waals surface area contributed by atoms with E-state index in [1.807, 2.05) is 20.8 Å². The third-order valence-electron chi connectivity index (χ3n) is 5.21. The summed E-state index contributed by atoms with van der Waals surface area (Å²) >= 11 is 0. The van der Waals surface area contributed by atoms with E-state index < -0.39 is 6.10 Å². The molecule has 2 aliphatic rings. The van der Waals surface area contributed by atoms with Gasteiger partial charge in [0.15, 0.2) is 5.78 Å². The first-order chi connectivity index (χ1) is 8.38. The Morgan fingerprint density at radius 3 is 2.78 bits per heavy atom. The number of allylic oxidation sites excluding steroid dienone is 2. The standard InChI is InChI=1S/C15H24O3/c1-9-4-12(17)7-15(3)13(9)5-11(6-14(15)18)10(2)8-16/h4,10-11,13-14,16,18H,5-8H2,1-3H3/t10?,11?,13-,14-,15-/m0/s1. The van der Waals surface area contributed by atoms with E-state index in [9.17, 15) is 15.0 Å². The van der Waals surface area contributed by atoms with Crippen LogP contribution in [0.5, 0.6) is 0 Å². The van der Waals surface area contributed by atoms with Crippen LogP contribution in [0.3, 0.4) is 0 Å². The molecule has 2 unspecified atom stereocenters. The molecular weight excluding hydrogens is 228 g/mol. The van der Waals surface area contributed by atoms with Gasteiger partial charge in [0.1, 0.15) is 0 Å². The maximum Gasteiger partial charge on any atom is 0.156 e. The molecule has 102 valence electrons. The van der Waals surface area contributed by atoms with Crippen LogP contribution < -0.4 is 0 Å². The zero-order valence-electron chi connectivity index (χ0n) is 11.5. The van der Waals surface area contributed by atoms with Crippen molar-refractivity contribution in [3.8, 4) is 0 Å². The summed E-state index contributed by atoms with van der Waals surface area (Å²) in [5.41, 5.74) is 0.796. The van der Waals surface area contributed by atoms with Crippen LogP contribution in [0.15, 0.2) is 11.6 Å². The van der Waals surface area contributed by atoms with E-state index in [0.29, 0.717) is 18.8 Å². The largest absolute Gasteiger partial charge is 0.396 e. The van der Waals surface area contributed by atoms with Gasteiger partial charge in [-0.2, -0.15) is 0 Å². The number of carbonyl (C=O) groups is 1. The lowest BCUT2D eigenvalue weighted by molar-refractivity contribution is -0.126. The summed E-state index contributed by atoms with van der Waals surface area (Å²) in [6, 6.07) is 0. The highest BCUT2D eigenvalue weighted by Crippen LogP contribution is 2.52. The molecule has 0 radical (unpaired) electrons. The Morgan fingerprint density at radius 1 is 1.50 bits per heavy atom. The van der Waals surface area contributed by atoms with Gasteiger partial charge in [-0.15, -0.1) is 0 Å². The Kier molecular flexibility index (Phi) is 3.65. The van der Waals surface area contributed by atoms with Gasteiger partial charge in [-0.1, -0.05) is 19.4 Å². The van der Waals surface area contributed by atoms with Crippen molar-refractivity contribution in [3.05, 3.63) is 11.6 Å². The molecule has 0 aliphatic heterocycles. The molecule has 0 saturated heterocycles. The summed E-state index contributed by atoms with van der Waals surface area (Å²) in [5.74, 6) is 0.978. The van der Waals surface area contributed by atoms with Gasteiger partial charge in [0.25, 0.3) is 0 Å². The van der Waals surface area contributed by atoms with Crippen molar-refractivity contribution in [3.63, 3.8) is 0 Å². The van der Waals surface area contributed by atoms with E-state index >= 15 is 0 Å². The predicted octanol–water partition coefficient (Wildman–Crippen LogP) is 1.93. The second kappa shape index (κ2) is 4.78. The van der Waals surface area contributed by atoms with Gasteiger partial charge < -0.3 is 10.2 Å². The lowest BCUT2D eigenvalue weighted by Crippen LogP contribution is -2.50. The smallest absolute Gasteiger partial charge is 0.156 e. The number of hydrogen-bond donors (Lipinski definition) is 2. The van der Waals surface area contributed by atoms with Crippen LogP contribution in [0.25, 0.3) is 0 Å². The first-order valence-corrected chi connectivity index (χ1v) is 6.88. The highest BCUT2D eigenvalue weighted by Gasteiger charge is 2.50. The maximum atomic E-state index is 11.7. The molecule has 0 aromatic rings. The minimum atomic E-state index is -0.442. The molecule has 0 aromatic heterocycles. The monoisotopic (exact) mass is 252 g/mol. The van der Waals surface area contributed by atoms with Crippen molar-refractivity contribution in [1.29, 1.82) is 0 Å². The molecule has 0 heterocycles. The third kappa shape index (κ3) is 2.14. The Balaban J connectivity index is 2.28. The molecule has 1 saturated carbocycles. The van der Waals surface area contributed by atoms with Gasteiger partial charge >= 0.3 is 0 Å². The number of rotatable bonds is 2. The van der Waals surface area contributed by atoms with Crippen molar-refractivity contribution < 1.29 is 15.0 Å². The maximum absolute atomic E-state index is 11.7. The van der Waals surface area contributed by atoms with Gasteiger partial charge in [0.05, 0.1) is 6.10 Å². The predicted molar refractivity (Wildman–Crippen MR) is 70.0 cm³/mol. The van der Waals surface area contributed by atoms with Crippen LogP contribution in [-0.2, 0) is 4.79 Å². The van der Waals surface area contributed by atoms with Crippen LogP contribution in [0.2, 0.25) is 0 Å². The zero-order valence-corrected chi connectivity index (χ0v) is 11.5. The molecule has 0 spiro atoms. The molecule has 2 aliphatic carbocycles. The molecule has 0 amide bonds. The number of aliphatic hydroxyl groups excluding tert-OH is 2. The van der Waals surface area contributed by atoms with E-state index in [0.717, 1.165) is 12.0 Å².